The lowest BCUT2D eigenvalue weighted by molar-refractivity contribution is -0.133. The second-order valence-electron chi connectivity index (χ2n) is 11.4. The largest absolute Gasteiger partial charge is 0.493 e. The zero-order valence-electron chi connectivity index (χ0n) is 26.0. The molecule has 3 aromatic rings. The van der Waals surface area contributed by atoms with Gasteiger partial charge in [0, 0.05) is 75.9 Å². The van der Waals surface area contributed by atoms with Crippen LogP contribution < -0.4 is 14.8 Å². The fraction of sp³-hybridized carbons (Fsp3) is 0.531. The van der Waals surface area contributed by atoms with Crippen LogP contribution in [0, 0.1) is 19.8 Å². The Morgan fingerprint density at radius 1 is 1.09 bits per heavy atom. The molecule has 0 radical (unpaired) electrons. The van der Waals surface area contributed by atoms with Crippen LogP contribution in [0.1, 0.15) is 54.1 Å². The van der Waals surface area contributed by atoms with Gasteiger partial charge in [-0.2, -0.15) is 0 Å². The van der Waals surface area contributed by atoms with Crippen LogP contribution in [0.2, 0.25) is 0 Å². The number of fused-ring (bicyclic) bond motifs is 4. The molecule has 1 N–H and O–H groups in total. The number of carbonyl (C=O) groups is 3. The highest BCUT2D eigenvalue weighted by Gasteiger charge is 2.40. The van der Waals surface area contributed by atoms with E-state index in [2.05, 4.69) is 15.5 Å². The summed E-state index contributed by atoms with van der Waals surface area (Å²) < 4.78 is 19.0. The summed E-state index contributed by atoms with van der Waals surface area (Å²) in [4.78, 5) is 48.1. The van der Waals surface area contributed by atoms with E-state index in [9.17, 15) is 14.4 Å². The third kappa shape index (κ3) is 6.89. The van der Waals surface area contributed by atoms with Crippen molar-refractivity contribution in [3.8, 4) is 11.5 Å². The van der Waals surface area contributed by atoms with Gasteiger partial charge in [0.1, 0.15) is 18.2 Å². The van der Waals surface area contributed by atoms with E-state index >= 15 is 0 Å². The number of nitrogens with one attached hydrogen (secondary N) is 1. The Labute approximate surface area is 257 Å². The molecule has 236 valence electrons. The molecule has 2 atom stereocenters. The number of carbonyl (C=O) groups excluding carboxylic acids is 3. The third-order valence-corrected chi connectivity index (χ3v) is 8.73. The van der Waals surface area contributed by atoms with Crippen LogP contribution in [0.5, 0.6) is 11.5 Å². The van der Waals surface area contributed by atoms with Crippen LogP contribution in [0.25, 0.3) is 0 Å². The van der Waals surface area contributed by atoms with E-state index in [-0.39, 0.29) is 30.2 Å². The maximum Gasteiger partial charge on any atom is 0.225 e. The molecule has 4 heterocycles. The number of aryl methyl sites for hydroxylation is 4. The van der Waals surface area contributed by atoms with Crippen molar-refractivity contribution in [3.05, 3.63) is 59.0 Å². The molecule has 0 unspecified atom stereocenters. The van der Waals surface area contributed by atoms with Gasteiger partial charge in [0.15, 0.2) is 11.5 Å². The van der Waals surface area contributed by atoms with Crippen molar-refractivity contribution in [2.45, 2.75) is 58.9 Å². The molecule has 3 amide bonds. The maximum absolute atomic E-state index is 13.6. The molecule has 12 heteroatoms. The van der Waals surface area contributed by atoms with Crippen molar-refractivity contribution in [3.63, 3.8) is 0 Å². The highest BCUT2D eigenvalue weighted by Crippen LogP contribution is 2.38. The first kappa shape index (κ1) is 31.1. The van der Waals surface area contributed by atoms with E-state index in [0.29, 0.717) is 70.0 Å². The molecule has 0 aliphatic carbocycles. The normalized spacial score (nSPS) is 18.9. The number of benzene rings is 1. The second-order valence-corrected chi connectivity index (χ2v) is 11.4. The highest BCUT2D eigenvalue weighted by atomic mass is 16.5. The number of rotatable bonds is 8. The van der Waals surface area contributed by atoms with Gasteiger partial charge in [-0.3, -0.25) is 14.4 Å². The molecule has 0 saturated carbocycles. The standard InChI is InChI=1S/C32H42N6O6/c1-5-29-33-11-14-36(29)13-10-31(40)37-15-12-34-32(41)26-20-38(30(39)9-7-24-21(2)35-44-22(24)3)19-25(26)23-6-8-27(42-4)28(18-23)43-17-16-37/h6,8,11,14,18,25-26H,5,7,9-10,12-13,15-17,19-20H2,1-4H3,(H,34,41)/t25-,26+/m1/s1. The fourth-order valence-electron chi connectivity index (χ4n) is 6.20. The Balaban J connectivity index is 1.31. The molecule has 5 rings (SSSR count). The first-order valence-electron chi connectivity index (χ1n) is 15.3. The van der Waals surface area contributed by atoms with Crippen LogP contribution in [0.3, 0.4) is 0 Å². The van der Waals surface area contributed by atoms with Crippen LogP contribution in [0.4, 0.5) is 0 Å². The summed E-state index contributed by atoms with van der Waals surface area (Å²) >= 11 is 0. The molecule has 2 aliphatic rings. The summed E-state index contributed by atoms with van der Waals surface area (Å²) in [5.41, 5.74) is 2.64. The molecule has 44 heavy (non-hydrogen) atoms. The van der Waals surface area contributed by atoms with Gasteiger partial charge in [0.2, 0.25) is 17.7 Å². The quantitative estimate of drug-likeness (QED) is 0.414. The topological polar surface area (TPSA) is 132 Å². The van der Waals surface area contributed by atoms with Crippen LogP contribution in [-0.2, 0) is 33.8 Å². The number of likely N-dealkylation sites (tertiary alicyclic amines) is 1. The average Bonchev–Trinajstić information content (AvgIpc) is 3.76. The van der Waals surface area contributed by atoms with Crippen molar-refractivity contribution >= 4 is 17.7 Å². The van der Waals surface area contributed by atoms with E-state index in [0.717, 1.165) is 34.8 Å². The zero-order valence-corrected chi connectivity index (χ0v) is 26.0. The Bertz CT molecular complexity index is 1460. The van der Waals surface area contributed by atoms with E-state index in [4.69, 9.17) is 14.0 Å². The van der Waals surface area contributed by atoms with Gasteiger partial charge >= 0.3 is 0 Å². The summed E-state index contributed by atoms with van der Waals surface area (Å²) in [5, 5.41) is 7.04. The van der Waals surface area contributed by atoms with Crippen molar-refractivity contribution in [2.24, 2.45) is 5.92 Å². The summed E-state index contributed by atoms with van der Waals surface area (Å²) in [6.45, 7) is 8.31. The Morgan fingerprint density at radius 2 is 1.89 bits per heavy atom. The Hall–Kier alpha value is -4.35. The molecule has 2 aromatic heterocycles. The molecular formula is C32H42N6O6. The minimum atomic E-state index is -0.446. The molecule has 12 nitrogen and oxygen atoms in total. The van der Waals surface area contributed by atoms with E-state index < -0.39 is 5.92 Å². The smallest absolute Gasteiger partial charge is 0.225 e. The van der Waals surface area contributed by atoms with Gasteiger partial charge in [0.05, 0.1) is 25.3 Å². The summed E-state index contributed by atoms with van der Waals surface area (Å²) in [6.07, 6.45) is 5.57. The van der Waals surface area contributed by atoms with Gasteiger partial charge in [-0.15, -0.1) is 0 Å². The number of nitrogens with zero attached hydrogens (tertiary/aromatic N) is 5. The van der Waals surface area contributed by atoms with Crippen molar-refractivity contribution in [1.82, 2.24) is 29.8 Å². The van der Waals surface area contributed by atoms with Crippen LogP contribution in [0.15, 0.2) is 35.1 Å². The zero-order chi connectivity index (χ0) is 31.2. The van der Waals surface area contributed by atoms with E-state index in [1.807, 2.05) is 49.7 Å². The lowest BCUT2D eigenvalue weighted by Gasteiger charge is -2.24. The second kappa shape index (κ2) is 14.0. The van der Waals surface area contributed by atoms with Crippen molar-refractivity contribution in [1.29, 1.82) is 0 Å². The summed E-state index contributed by atoms with van der Waals surface area (Å²) in [5.74, 6) is 1.94. The predicted molar refractivity (Wildman–Crippen MR) is 161 cm³/mol. The number of aromatic nitrogens is 3. The van der Waals surface area contributed by atoms with Gasteiger partial charge < -0.3 is 33.7 Å². The van der Waals surface area contributed by atoms with Crippen molar-refractivity contribution < 1.29 is 28.4 Å². The summed E-state index contributed by atoms with van der Waals surface area (Å²) in [6, 6.07) is 5.67. The Kier molecular flexibility index (Phi) is 9.86. The number of imidazole rings is 1. The van der Waals surface area contributed by atoms with Gasteiger partial charge in [-0.25, -0.2) is 4.98 Å². The predicted octanol–water partition coefficient (Wildman–Crippen LogP) is 2.66. The summed E-state index contributed by atoms with van der Waals surface area (Å²) in [7, 11) is 1.58. The van der Waals surface area contributed by atoms with Crippen LogP contribution >= 0.6 is 0 Å². The minimum Gasteiger partial charge on any atom is -0.493 e. The molecule has 2 bridgehead atoms. The molecule has 1 aromatic carbocycles. The average molecular weight is 607 g/mol. The number of hydrogen-bond donors (Lipinski definition) is 1. The monoisotopic (exact) mass is 606 g/mol. The number of ether oxygens (including phenoxy) is 2. The number of methoxy groups -OCH3 is 1. The van der Waals surface area contributed by atoms with Gasteiger partial charge in [0.25, 0.3) is 0 Å². The van der Waals surface area contributed by atoms with E-state index in [1.54, 1.807) is 23.1 Å². The fourth-order valence-corrected chi connectivity index (χ4v) is 6.20. The molecular weight excluding hydrogens is 564 g/mol. The minimum absolute atomic E-state index is 0.0164. The number of hydrogen-bond acceptors (Lipinski definition) is 8. The number of amides is 3. The van der Waals surface area contributed by atoms with Crippen LogP contribution in [-0.4, -0.2) is 88.7 Å². The lowest BCUT2D eigenvalue weighted by Crippen LogP contribution is -2.43. The lowest BCUT2D eigenvalue weighted by atomic mass is 9.88. The van der Waals surface area contributed by atoms with Gasteiger partial charge in [-0.05, 0) is 38.0 Å². The third-order valence-electron chi connectivity index (χ3n) is 8.73. The molecule has 1 saturated heterocycles. The maximum atomic E-state index is 13.6. The molecule has 2 aliphatic heterocycles. The van der Waals surface area contributed by atoms with Crippen molar-refractivity contribution in [2.75, 3.05) is 46.4 Å². The first-order chi connectivity index (χ1) is 21.3. The van der Waals surface area contributed by atoms with E-state index in [1.165, 1.54) is 0 Å². The first-order valence-corrected chi connectivity index (χ1v) is 15.3. The molecule has 1 fully saturated rings. The highest BCUT2D eigenvalue weighted by molar-refractivity contribution is 5.83. The van der Waals surface area contributed by atoms with Gasteiger partial charge in [-0.1, -0.05) is 18.1 Å². The molecule has 0 spiro atoms. The Morgan fingerprint density at radius 3 is 2.64 bits per heavy atom. The SMILES string of the molecule is CCc1nccn1CCC(=O)N1CCNC(=O)[C@H]2CN(C(=O)CCc3c(C)noc3C)C[C@@H]2c2ccc(OC)c(c2)OCC1.